The smallest absolute Gasteiger partial charge is 0.407 e. The molecule has 7 heteroatoms. The van der Waals surface area contributed by atoms with E-state index in [0.29, 0.717) is 19.6 Å². The molecule has 1 aliphatic heterocycles. The van der Waals surface area contributed by atoms with Crippen LogP contribution in [0.1, 0.15) is 34.6 Å². The van der Waals surface area contributed by atoms with Gasteiger partial charge in [-0.25, -0.2) is 4.79 Å². The molecule has 0 saturated carbocycles. The summed E-state index contributed by atoms with van der Waals surface area (Å²) in [5, 5.41) is 2.75. The number of hydrogen-bond acceptors (Lipinski definition) is 5. The highest BCUT2D eigenvalue weighted by Crippen LogP contribution is 2.08. The molecule has 1 fully saturated rings. The SMILES string of the molecule is CC(C)[C@@H](N)C(=O)N1CCN(CCNC(=O)OC(C)(C)C)CC1. The summed E-state index contributed by atoms with van der Waals surface area (Å²) >= 11 is 0. The van der Waals surface area contributed by atoms with Gasteiger partial charge in [0.15, 0.2) is 0 Å². The van der Waals surface area contributed by atoms with Gasteiger partial charge in [-0.05, 0) is 26.7 Å². The van der Waals surface area contributed by atoms with Crippen molar-refractivity contribution in [1.29, 1.82) is 0 Å². The number of nitrogens with two attached hydrogens (primary N) is 1. The van der Waals surface area contributed by atoms with Gasteiger partial charge in [-0.3, -0.25) is 9.69 Å². The van der Waals surface area contributed by atoms with Crippen LogP contribution in [0.5, 0.6) is 0 Å². The van der Waals surface area contributed by atoms with E-state index in [0.717, 1.165) is 19.6 Å². The number of nitrogens with zero attached hydrogens (tertiary/aromatic N) is 2. The molecule has 1 aliphatic rings. The van der Waals surface area contributed by atoms with Crippen LogP contribution in [0.3, 0.4) is 0 Å². The summed E-state index contributed by atoms with van der Waals surface area (Å²) in [5.74, 6) is 0.185. The minimum absolute atomic E-state index is 0.0338. The molecule has 1 atom stereocenters. The number of hydrogen-bond donors (Lipinski definition) is 2. The fourth-order valence-corrected chi connectivity index (χ4v) is 2.32. The highest BCUT2D eigenvalue weighted by atomic mass is 16.6. The lowest BCUT2D eigenvalue weighted by Gasteiger charge is -2.36. The molecule has 0 bridgehead atoms. The minimum atomic E-state index is -0.481. The van der Waals surface area contributed by atoms with E-state index in [-0.39, 0.29) is 11.8 Å². The summed E-state index contributed by atoms with van der Waals surface area (Å²) < 4.78 is 5.19. The molecule has 0 aliphatic carbocycles. The zero-order chi connectivity index (χ0) is 17.6. The summed E-state index contributed by atoms with van der Waals surface area (Å²) in [4.78, 5) is 27.8. The largest absolute Gasteiger partial charge is 0.444 e. The monoisotopic (exact) mass is 328 g/mol. The topological polar surface area (TPSA) is 87.9 Å². The molecular weight excluding hydrogens is 296 g/mol. The molecule has 0 radical (unpaired) electrons. The minimum Gasteiger partial charge on any atom is -0.444 e. The van der Waals surface area contributed by atoms with Crippen LogP contribution in [0.2, 0.25) is 0 Å². The van der Waals surface area contributed by atoms with Crippen molar-refractivity contribution in [1.82, 2.24) is 15.1 Å². The first-order chi connectivity index (χ1) is 10.6. The maximum Gasteiger partial charge on any atom is 0.407 e. The van der Waals surface area contributed by atoms with E-state index in [4.69, 9.17) is 10.5 Å². The number of alkyl carbamates (subject to hydrolysis) is 1. The summed E-state index contributed by atoms with van der Waals surface area (Å²) in [6.07, 6.45) is -0.394. The van der Waals surface area contributed by atoms with E-state index < -0.39 is 17.7 Å². The third-order valence-corrected chi connectivity index (χ3v) is 3.78. The number of amides is 2. The third kappa shape index (κ3) is 7.18. The predicted molar refractivity (Wildman–Crippen MR) is 90.1 cm³/mol. The molecular formula is C16H32N4O3. The average Bonchev–Trinajstić information content (AvgIpc) is 2.44. The molecule has 7 nitrogen and oxygen atoms in total. The van der Waals surface area contributed by atoms with E-state index in [1.165, 1.54) is 0 Å². The third-order valence-electron chi connectivity index (χ3n) is 3.78. The van der Waals surface area contributed by atoms with Crippen LogP contribution in [0.25, 0.3) is 0 Å². The van der Waals surface area contributed by atoms with Crippen LogP contribution in [0.4, 0.5) is 4.79 Å². The molecule has 1 heterocycles. The van der Waals surface area contributed by atoms with Gasteiger partial charge in [0.25, 0.3) is 0 Å². The quantitative estimate of drug-likeness (QED) is 0.773. The van der Waals surface area contributed by atoms with Crippen molar-refractivity contribution in [2.75, 3.05) is 39.3 Å². The standard InChI is InChI=1S/C16H32N4O3/c1-12(2)13(17)14(21)20-10-8-19(9-11-20)7-6-18-15(22)23-16(3,4)5/h12-13H,6-11,17H2,1-5H3,(H,18,22)/t13-/m1/s1. The number of carbonyl (C=O) groups excluding carboxylic acids is 2. The number of rotatable bonds is 5. The van der Waals surface area contributed by atoms with Gasteiger partial charge in [-0.2, -0.15) is 0 Å². The van der Waals surface area contributed by atoms with Crippen molar-refractivity contribution in [3.05, 3.63) is 0 Å². The van der Waals surface area contributed by atoms with Gasteiger partial charge >= 0.3 is 6.09 Å². The van der Waals surface area contributed by atoms with Gasteiger partial charge in [0.1, 0.15) is 5.60 Å². The number of piperazine rings is 1. The van der Waals surface area contributed by atoms with Crippen LogP contribution < -0.4 is 11.1 Å². The van der Waals surface area contributed by atoms with E-state index in [1.54, 1.807) is 0 Å². The Morgan fingerprint density at radius 1 is 1.17 bits per heavy atom. The van der Waals surface area contributed by atoms with Crippen LogP contribution in [0, 0.1) is 5.92 Å². The highest BCUT2D eigenvalue weighted by molar-refractivity contribution is 5.82. The second-order valence-corrected chi connectivity index (χ2v) is 7.37. The van der Waals surface area contributed by atoms with E-state index in [2.05, 4.69) is 10.2 Å². The maximum atomic E-state index is 12.2. The van der Waals surface area contributed by atoms with E-state index >= 15 is 0 Å². The van der Waals surface area contributed by atoms with Gasteiger partial charge in [0, 0.05) is 39.3 Å². The molecule has 3 N–H and O–H groups in total. The first kappa shape index (κ1) is 19.7. The Balaban J connectivity index is 2.24. The Bertz CT molecular complexity index is 399. The van der Waals surface area contributed by atoms with Gasteiger partial charge in [-0.1, -0.05) is 13.8 Å². The Kier molecular flexibility index (Phi) is 7.28. The molecule has 1 rings (SSSR count). The lowest BCUT2D eigenvalue weighted by Crippen LogP contribution is -2.55. The summed E-state index contributed by atoms with van der Waals surface area (Å²) in [5.41, 5.74) is 5.44. The van der Waals surface area contributed by atoms with Crippen LogP contribution in [-0.4, -0.2) is 72.7 Å². The van der Waals surface area contributed by atoms with Crippen molar-refractivity contribution < 1.29 is 14.3 Å². The average molecular weight is 328 g/mol. The van der Waals surface area contributed by atoms with Crippen LogP contribution in [0.15, 0.2) is 0 Å². The molecule has 134 valence electrons. The molecule has 23 heavy (non-hydrogen) atoms. The molecule has 0 aromatic rings. The first-order valence-electron chi connectivity index (χ1n) is 8.33. The second-order valence-electron chi connectivity index (χ2n) is 7.37. The molecule has 2 amide bonds. The van der Waals surface area contributed by atoms with Crippen molar-refractivity contribution in [3.8, 4) is 0 Å². The van der Waals surface area contributed by atoms with Crippen molar-refractivity contribution in [2.24, 2.45) is 11.7 Å². The zero-order valence-electron chi connectivity index (χ0n) is 15.1. The highest BCUT2D eigenvalue weighted by Gasteiger charge is 2.26. The van der Waals surface area contributed by atoms with Gasteiger partial charge < -0.3 is 20.7 Å². The molecule has 0 aromatic heterocycles. The Hall–Kier alpha value is -1.34. The normalized spacial score (nSPS) is 18.0. The Morgan fingerprint density at radius 2 is 1.74 bits per heavy atom. The van der Waals surface area contributed by atoms with Gasteiger partial charge in [0.05, 0.1) is 6.04 Å². The number of ether oxygens (including phenoxy) is 1. The summed E-state index contributed by atoms with van der Waals surface area (Å²) in [6.45, 7) is 13.7. The van der Waals surface area contributed by atoms with Crippen LogP contribution >= 0.6 is 0 Å². The number of nitrogens with one attached hydrogen (secondary N) is 1. The lowest BCUT2D eigenvalue weighted by molar-refractivity contribution is -0.135. The van der Waals surface area contributed by atoms with Crippen molar-refractivity contribution in [2.45, 2.75) is 46.3 Å². The van der Waals surface area contributed by atoms with Gasteiger partial charge in [0.2, 0.25) is 5.91 Å². The maximum absolute atomic E-state index is 12.2. The first-order valence-corrected chi connectivity index (χ1v) is 8.33. The molecule has 0 spiro atoms. The van der Waals surface area contributed by atoms with Gasteiger partial charge in [-0.15, -0.1) is 0 Å². The second kappa shape index (κ2) is 8.49. The van der Waals surface area contributed by atoms with Crippen molar-refractivity contribution >= 4 is 12.0 Å². The lowest BCUT2D eigenvalue weighted by atomic mass is 10.0. The summed E-state index contributed by atoms with van der Waals surface area (Å²) in [6, 6.07) is -0.421. The summed E-state index contributed by atoms with van der Waals surface area (Å²) in [7, 11) is 0. The van der Waals surface area contributed by atoms with Crippen molar-refractivity contribution in [3.63, 3.8) is 0 Å². The molecule has 0 aromatic carbocycles. The fourth-order valence-electron chi connectivity index (χ4n) is 2.32. The predicted octanol–water partition coefficient (Wildman–Crippen LogP) is 0.639. The Labute approximate surface area is 139 Å². The van der Waals surface area contributed by atoms with E-state index in [1.807, 2.05) is 39.5 Å². The molecule has 0 unspecified atom stereocenters. The zero-order valence-corrected chi connectivity index (χ0v) is 15.1. The molecule has 1 saturated heterocycles. The fraction of sp³-hybridized carbons (Fsp3) is 0.875. The van der Waals surface area contributed by atoms with E-state index in [9.17, 15) is 9.59 Å². The Morgan fingerprint density at radius 3 is 2.22 bits per heavy atom. The number of carbonyl (C=O) groups is 2. The van der Waals surface area contributed by atoms with Crippen LogP contribution in [-0.2, 0) is 9.53 Å².